The van der Waals surface area contributed by atoms with Crippen molar-refractivity contribution in [2.75, 3.05) is 37.7 Å². The number of nitrogens with zero attached hydrogens (tertiary/aromatic N) is 1. The topological polar surface area (TPSA) is 139 Å². The third-order valence-electron chi connectivity index (χ3n) is 20.0. The summed E-state index contributed by atoms with van der Waals surface area (Å²) in [6.07, 6.45) is 15.6. The van der Waals surface area contributed by atoms with E-state index in [0.29, 0.717) is 48.7 Å². The first kappa shape index (κ1) is 40.5. The van der Waals surface area contributed by atoms with Gasteiger partial charge in [0.05, 0.1) is 23.3 Å². The van der Waals surface area contributed by atoms with Crippen molar-refractivity contribution in [1.82, 2.24) is 10.2 Å². The van der Waals surface area contributed by atoms with Gasteiger partial charge in [-0.15, -0.1) is 0 Å². The summed E-state index contributed by atoms with van der Waals surface area (Å²) < 4.78 is 30.7. The van der Waals surface area contributed by atoms with Crippen LogP contribution in [0.25, 0.3) is 0 Å². The first-order valence-corrected chi connectivity index (χ1v) is 24.3. The number of carboxylic acid groups (broad SMARTS) is 1. The molecule has 4 N–H and O–H groups in total. The molecule has 0 aromatic carbocycles. The van der Waals surface area contributed by atoms with Crippen LogP contribution < -0.4 is 11.1 Å². The molecule has 8 fully saturated rings. The SMILES string of the molecule is CC1([C@@H]2CC[C@]3(NCC[C@H](CN)N4CCS(=O)(=O)CC4)CC[C@]4(C)[C@H](CC[C@@H]5[C@@]6(C)CC[C@H](OC(=O)[C@H]7[C@@H](C(=O)O)C7(C)C)C(C)(C)[C@@H]6CC[C@]54C)[C@@H]23)CC1. The predicted molar refractivity (Wildman–Crippen MR) is 216 cm³/mol. The number of aliphatic carboxylic acids is 1. The highest BCUT2D eigenvalue weighted by Gasteiger charge is 2.73. The second-order valence-corrected chi connectivity index (χ2v) is 25.1. The minimum absolute atomic E-state index is 0.172. The average Bonchev–Trinajstić information content (AvgIpc) is 3.94. The number of carbonyl (C=O) groups excluding carboxylic acids is 1. The zero-order valence-electron chi connectivity index (χ0n) is 35.6. The van der Waals surface area contributed by atoms with E-state index in [1.807, 2.05) is 13.8 Å². The van der Waals surface area contributed by atoms with E-state index in [4.69, 9.17) is 10.5 Å². The lowest BCUT2D eigenvalue weighted by Gasteiger charge is -2.73. The maximum atomic E-state index is 13.5. The molecule has 1 saturated heterocycles. The fourth-order valence-electron chi connectivity index (χ4n) is 16.2. The predicted octanol–water partition coefficient (Wildman–Crippen LogP) is 6.93. The van der Waals surface area contributed by atoms with Gasteiger partial charge in [0.15, 0.2) is 9.84 Å². The highest BCUT2D eigenvalue weighted by molar-refractivity contribution is 7.91. The number of nitrogens with one attached hydrogen (secondary N) is 1. The number of hydrogen-bond acceptors (Lipinski definition) is 8. The molecule has 312 valence electrons. The summed E-state index contributed by atoms with van der Waals surface area (Å²) in [6, 6.07) is 0.222. The van der Waals surface area contributed by atoms with Gasteiger partial charge in [-0.3, -0.25) is 14.5 Å². The van der Waals surface area contributed by atoms with Crippen molar-refractivity contribution < 1.29 is 27.9 Å². The van der Waals surface area contributed by atoms with Crippen molar-refractivity contribution in [2.45, 2.75) is 157 Å². The molecule has 8 rings (SSSR count). The fraction of sp³-hybridized carbons (Fsp3) is 0.956. The van der Waals surface area contributed by atoms with Crippen molar-refractivity contribution in [1.29, 1.82) is 0 Å². The lowest BCUT2D eigenvalue weighted by Crippen LogP contribution is -2.69. The first-order chi connectivity index (χ1) is 25.6. The Labute approximate surface area is 332 Å². The molecule has 13 atom stereocenters. The molecule has 0 radical (unpaired) electrons. The second kappa shape index (κ2) is 13.1. The molecule has 9 nitrogen and oxygen atoms in total. The Kier molecular flexibility index (Phi) is 9.68. The Morgan fingerprint density at radius 3 is 2.09 bits per heavy atom. The molecule has 0 spiro atoms. The van der Waals surface area contributed by atoms with Crippen molar-refractivity contribution in [3.8, 4) is 0 Å². The maximum Gasteiger partial charge on any atom is 0.310 e. The van der Waals surface area contributed by atoms with Gasteiger partial charge in [-0.25, -0.2) is 8.42 Å². The Morgan fingerprint density at radius 2 is 1.47 bits per heavy atom. The lowest BCUT2D eigenvalue weighted by molar-refractivity contribution is -0.248. The van der Waals surface area contributed by atoms with E-state index in [-0.39, 0.29) is 56.8 Å². The second-order valence-electron chi connectivity index (χ2n) is 22.8. The monoisotopic (exact) mass is 786 g/mol. The molecule has 0 unspecified atom stereocenters. The number of carbonyl (C=O) groups is 2. The van der Waals surface area contributed by atoms with Crippen LogP contribution in [-0.2, 0) is 24.2 Å². The van der Waals surface area contributed by atoms with Crippen molar-refractivity contribution >= 4 is 21.8 Å². The van der Waals surface area contributed by atoms with Crippen LogP contribution in [0.3, 0.4) is 0 Å². The molecule has 7 saturated carbocycles. The Hall–Kier alpha value is -1.23. The lowest BCUT2D eigenvalue weighted by atomic mass is 9.32. The summed E-state index contributed by atoms with van der Waals surface area (Å²) in [4.78, 5) is 27.8. The summed E-state index contributed by atoms with van der Waals surface area (Å²) >= 11 is 0. The summed E-state index contributed by atoms with van der Waals surface area (Å²) in [5, 5.41) is 14.1. The van der Waals surface area contributed by atoms with Gasteiger partial charge in [0, 0.05) is 36.6 Å². The van der Waals surface area contributed by atoms with Gasteiger partial charge in [-0.05, 0) is 147 Å². The summed E-state index contributed by atoms with van der Waals surface area (Å²) in [6.45, 7) is 21.8. The Balaban J connectivity index is 1.00. The Bertz CT molecular complexity index is 1650. The molecule has 0 aromatic rings. The standard InChI is InChI=1S/C45H75N3O6S/c1-39(2)31-12-16-44(8)32(42(31,6)15-13-33(39)54-38(51)36-35(37(49)50)40(36,3)4)10-9-30-34-29(41(5)18-19-41)11-17-45(34,21-20-43(30,44)7)47-22-14-28(27-46)48-23-25-55(52,53)26-24-48/h28-36,47H,9-27,46H2,1-8H3,(H,49,50)/t28-,29-,30-,31+,32-,33+,34-,35+,36-,42+,43-,44-,45+/m1/s1. The molecule has 0 amide bonds. The van der Waals surface area contributed by atoms with Crippen LogP contribution in [0.15, 0.2) is 0 Å². The van der Waals surface area contributed by atoms with Crippen molar-refractivity contribution in [2.24, 2.45) is 79.6 Å². The maximum absolute atomic E-state index is 13.5. The number of hydrogen-bond donors (Lipinski definition) is 3. The smallest absolute Gasteiger partial charge is 0.310 e. The van der Waals surface area contributed by atoms with Gasteiger partial charge in [0.2, 0.25) is 0 Å². The molecular formula is C45H75N3O6S. The van der Waals surface area contributed by atoms with Crippen LogP contribution in [0.2, 0.25) is 0 Å². The van der Waals surface area contributed by atoms with Crippen molar-refractivity contribution in [3.05, 3.63) is 0 Å². The zero-order chi connectivity index (χ0) is 39.8. The Morgan fingerprint density at radius 1 is 0.782 bits per heavy atom. The van der Waals surface area contributed by atoms with Gasteiger partial charge < -0.3 is 20.9 Å². The van der Waals surface area contributed by atoms with E-state index >= 15 is 0 Å². The van der Waals surface area contributed by atoms with Crippen LogP contribution in [0.1, 0.15) is 139 Å². The van der Waals surface area contributed by atoms with E-state index in [0.717, 1.165) is 38.1 Å². The number of fused-ring (bicyclic) bond motifs is 7. The molecule has 0 bridgehead atoms. The zero-order valence-corrected chi connectivity index (χ0v) is 36.4. The molecule has 1 heterocycles. The summed E-state index contributed by atoms with van der Waals surface area (Å²) in [5.74, 6) is 1.35. The average molecular weight is 786 g/mol. The minimum Gasteiger partial charge on any atom is -0.481 e. The van der Waals surface area contributed by atoms with E-state index in [9.17, 15) is 23.1 Å². The van der Waals surface area contributed by atoms with Crippen LogP contribution in [0.5, 0.6) is 0 Å². The van der Waals surface area contributed by atoms with Gasteiger partial charge in [-0.1, -0.05) is 55.4 Å². The normalized spacial score (nSPS) is 47.9. The molecule has 1 aliphatic heterocycles. The quantitative estimate of drug-likeness (QED) is 0.202. The largest absolute Gasteiger partial charge is 0.481 e. The van der Waals surface area contributed by atoms with Crippen LogP contribution >= 0.6 is 0 Å². The molecule has 8 aliphatic rings. The van der Waals surface area contributed by atoms with Crippen LogP contribution in [0.4, 0.5) is 0 Å². The highest BCUT2D eigenvalue weighted by Crippen LogP contribution is 2.78. The molecular weight excluding hydrogens is 711 g/mol. The highest BCUT2D eigenvalue weighted by atomic mass is 32.2. The summed E-state index contributed by atoms with van der Waals surface area (Å²) in [5.41, 5.74) is 6.96. The number of nitrogens with two attached hydrogens (primary N) is 1. The van der Waals surface area contributed by atoms with Crippen molar-refractivity contribution in [3.63, 3.8) is 0 Å². The molecule has 10 heteroatoms. The third kappa shape index (κ3) is 6.06. The number of ether oxygens (including phenoxy) is 1. The van der Waals surface area contributed by atoms with E-state index in [1.54, 1.807) is 0 Å². The molecule has 55 heavy (non-hydrogen) atoms. The number of carboxylic acids is 1. The number of sulfone groups is 1. The van der Waals surface area contributed by atoms with Gasteiger partial charge in [0.25, 0.3) is 0 Å². The van der Waals surface area contributed by atoms with E-state index < -0.39 is 33.1 Å². The molecule has 0 aromatic heterocycles. The van der Waals surface area contributed by atoms with Gasteiger partial charge in [-0.2, -0.15) is 0 Å². The van der Waals surface area contributed by atoms with E-state index in [2.05, 4.69) is 51.8 Å². The first-order valence-electron chi connectivity index (χ1n) is 22.4. The number of rotatable bonds is 10. The van der Waals surface area contributed by atoms with Gasteiger partial charge >= 0.3 is 11.9 Å². The number of esters is 1. The summed E-state index contributed by atoms with van der Waals surface area (Å²) in [7, 11) is -2.92. The van der Waals surface area contributed by atoms with Crippen LogP contribution in [-0.4, -0.2) is 85.7 Å². The van der Waals surface area contributed by atoms with E-state index in [1.165, 1.54) is 57.8 Å². The third-order valence-corrected chi connectivity index (χ3v) is 21.6. The minimum atomic E-state index is -2.92. The van der Waals surface area contributed by atoms with Crippen LogP contribution in [0, 0.1) is 73.9 Å². The molecule has 7 aliphatic carbocycles. The van der Waals surface area contributed by atoms with Gasteiger partial charge in [0.1, 0.15) is 6.10 Å². The fourth-order valence-corrected chi connectivity index (χ4v) is 17.4.